The van der Waals surface area contributed by atoms with Gasteiger partial charge in [0.25, 0.3) is 0 Å². The summed E-state index contributed by atoms with van der Waals surface area (Å²) in [6.07, 6.45) is 1.28. The molecule has 2 aromatic rings. The molecule has 2 aromatic carbocycles. The van der Waals surface area contributed by atoms with Crippen molar-refractivity contribution in [3.63, 3.8) is 0 Å². The van der Waals surface area contributed by atoms with Gasteiger partial charge in [0, 0.05) is 12.3 Å². The molecule has 0 aliphatic rings. The molecule has 0 aliphatic carbocycles. The van der Waals surface area contributed by atoms with Crippen LogP contribution in [0.5, 0.6) is 5.75 Å². The topological polar surface area (TPSA) is 26.3 Å². The maximum absolute atomic E-state index is 12.5. The molecule has 2 heteroatoms. The smallest absolute Gasteiger partial charge is 0.144 e. The van der Waals surface area contributed by atoms with Crippen LogP contribution in [-0.2, 0) is 11.2 Å². The third-order valence-electron chi connectivity index (χ3n) is 3.51. The Morgan fingerprint density at radius 1 is 1.10 bits per heavy atom. The first-order valence-electron chi connectivity index (χ1n) is 6.95. The lowest BCUT2D eigenvalue weighted by Crippen LogP contribution is -2.14. The average molecular weight is 268 g/mol. The van der Waals surface area contributed by atoms with E-state index in [4.69, 9.17) is 4.74 Å². The van der Waals surface area contributed by atoms with Gasteiger partial charge in [0.05, 0.1) is 7.11 Å². The highest BCUT2D eigenvalue weighted by atomic mass is 16.5. The molecule has 0 bridgehead atoms. The Hall–Kier alpha value is -2.09. The van der Waals surface area contributed by atoms with Gasteiger partial charge < -0.3 is 4.74 Å². The highest BCUT2D eigenvalue weighted by Gasteiger charge is 2.18. The van der Waals surface area contributed by atoms with Crippen molar-refractivity contribution in [3.05, 3.63) is 65.7 Å². The number of ether oxygens (including phenoxy) is 1. The maximum Gasteiger partial charge on any atom is 0.144 e. The molecule has 0 heterocycles. The molecule has 0 fully saturated rings. The first-order chi connectivity index (χ1) is 9.74. The van der Waals surface area contributed by atoms with Gasteiger partial charge >= 0.3 is 0 Å². The quantitative estimate of drug-likeness (QED) is 0.791. The van der Waals surface area contributed by atoms with Crippen molar-refractivity contribution >= 4 is 5.78 Å². The van der Waals surface area contributed by atoms with Crippen molar-refractivity contribution in [2.45, 2.75) is 25.7 Å². The summed E-state index contributed by atoms with van der Waals surface area (Å²) in [7, 11) is 1.64. The standard InChI is InChI=1S/C18H20O2/c1-3-17(15-9-5-4-6-10-15)18(19)13-14-8-7-11-16(12-14)20-2/h4-12,17H,3,13H2,1-2H3. The second-order valence-electron chi connectivity index (χ2n) is 4.87. The van der Waals surface area contributed by atoms with E-state index >= 15 is 0 Å². The summed E-state index contributed by atoms with van der Waals surface area (Å²) in [5.74, 6) is 1.03. The highest BCUT2D eigenvalue weighted by molar-refractivity contribution is 5.87. The zero-order valence-electron chi connectivity index (χ0n) is 12.0. The summed E-state index contributed by atoms with van der Waals surface area (Å²) in [4.78, 5) is 12.5. The van der Waals surface area contributed by atoms with Crippen molar-refractivity contribution in [3.8, 4) is 5.75 Å². The van der Waals surface area contributed by atoms with Crippen molar-refractivity contribution in [1.82, 2.24) is 0 Å². The number of hydrogen-bond acceptors (Lipinski definition) is 2. The second-order valence-corrected chi connectivity index (χ2v) is 4.87. The number of benzene rings is 2. The Kier molecular flexibility index (Phi) is 4.94. The van der Waals surface area contributed by atoms with E-state index in [1.807, 2.05) is 54.6 Å². The lowest BCUT2D eigenvalue weighted by atomic mass is 9.89. The molecule has 0 amide bonds. The molecule has 0 spiro atoms. The van der Waals surface area contributed by atoms with Gasteiger partial charge in [-0.25, -0.2) is 0 Å². The van der Waals surface area contributed by atoms with Gasteiger partial charge in [-0.2, -0.15) is 0 Å². The zero-order valence-corrected chi connectivity index (χ0v) is 12.0. The van der Waals surface area contributed by atoms with Crippen LogP contribution in [0.3, 0.4) is 0 Å². The molecule has 0 aliphatic heterocycles. The summed E-state index contributed by atoms with van der Waals surface area (Å²) in [6, 6.07) is 17.7. The van der Waals surface area contributed by atoms with Crippen LogP contribution in [0, 0.1) is 0 Å². The van der Waals surface area contributed by atoms with Gasteiger partial charge in [0.15, 0.2) is 0 Å². The van der Waals surface area contributed by atoms with Crippen LogP contribution < -0.4 is 4.74 Å². The molecular formula is C18H20O2. The number of hydrogen-bond donors (Lipinski definition) is 0. The normalized spacial score (nSPS) is 11.9. The van der Waals surface area contributed by atoms with Crippen molar-refractivity contribution in [1.29, 1.82) is 0 Å². The first kappa shape index (κ1) is 14.3. The van der Waals surface area contributed by atoms with Crippen LogP contribution in [-0.4, -0.2) is 12.9 Å². The second kappa shape index (κ2) is 6.90. The summed E-state index contributed by atoms with van der Waals surface area (Å²) in [5.41, 5.74) is 2.10. The van der Waals surface area contributed by atoms with E-state index in [1.54, 1.807) is 7.11 Å². The molecule has 0 radical (unpaired) electrons. The van der Waals surface area contributed by atoms with Crippen LogP contribution in [0.4, 0.5) is 0 Å². The van der Waals surface area contributed by atoms with E-state index in [-0.39, 0.29) is 11.7 Å². The minimum absolute atomic E-state index is 0.0256. The van der Waals surface area contributed by atoms with Gasteiger partial charge in [-0.1, -0.05) is 49.4 Å². The van der Waals surface area contributed by atoms with Gasteiger partial charge in [-0.3, -0.25) is 4.79 Å². The molecule has 0 saturated carbocycles. The van der Waals surface area contributed by atoms with Gasteiger partial charge in [0.1, 0.15) is 11.5 Å². The molecule has 104 valence electrons. The molecule has 1 unspecified atom stereocenters. The Labute approximate surface area is 120 Å². The Balaban J connectivity index is 2.13. The van der Waals surface area contributed by atoms with E-state index in [9.17, 15) is 4.79 Å². The predicted molar refractivity (Wildman–Crippen MR) is 81.2 cm³/mol. The maximum atomic E-state index is 12.5. The summed E-state index contributed by atoms with van der Waals surface area (Å²) < 4.78 is 5.20. The van der Waals surface area contributed by atoms with E-state index in [2.05, 4.69) is 6.92 Å². The van der Waals surface area contributed by atoms with Crippen LogP contribution in [0.25, 0.3) is 0 Å². The van der Waals surface area contributed by atoms with Gasteiger partial charge in [-0.05, 0) is 29.7 Å². The molecule has 1 atom stereocenters. The molecule has 2 rings (SSSR count). The average Bonchev–Trinajstić information content (AvgIpc) is 2.49. The fourth-order valence-electron chi connectivity index (χ4n) is 2.44. The Morgan fingerprint density at radius 2 is 1.85 bits per heavy atom. The van der Waals surface area contributed by atoms with Crippen molar-refractivity contribution in [2.24, 2.45) is 0 Å². The summed E-state index contributed by atoms with van der Waals surface area (Å²) >= 11 is 0. The lowest BCUT2D eigenvalue weighted by molar-refractivity contribution is -0.119. The summed E-state index contributed by atoms with van der Waals surface area (Å²) in [5, 5.41) is 0. The van der Waals surface area contributed by atoms with Crippen LogP contribution in [0.2, 0.25) is 0 Å². The Morgan fingerprint density at radius 3 is 2.50 bits per heavy atom. The monoisotopic (exact) mass is 268 g/mol. The molecule has 0 saturated heterocycles. The molecule has 2 nitrogen and oxygen atoms in total. The van der Waals surface area contributed by atoms with Crippen molar-refractivity contribution in [2.75, 3.05) is 7.11 Å². The number of methoxy groups -OCH3 is 1. The minimum Gasteiger partial charge on any atom is -0.497 e. The van der Waals surface area contributed by atoms with Crippen molar-refractivity contribution < 1.29 is 9.53 Å². The summed E-state index contributed by atoms with van der Waals surface area (Å²) in [6.45, 7) is 2.06. The number of ketones is 1. The first-order valence-corrected chi connectivity index (χ1v) is 6.95. The number of carbonyl (C=O) groups is 1. The van der Waals surface area contributed by atoms with Gasteiger partial charge in [0.2, 0.25) is 0 Å². The largest absolute Gasteiger partial charge is 0.497 e. The third kappa shape index (κ3) is 3.47. The van der Waals surface area contributed by atoms with E-state index in [1.165, 1.54) is 0 Å². The van der Waals surface area contributed by atoms with Crippen LogP contribution in [0.15, 0.2) is 54.6 Å². The minimum atomic E-state index is -0.0256. The SMILES string of the molecule is CCC(C(=O)Cc1cccc(OC)c1)c1ccccc1. The fourth-order valence-corrected chi connectivity index (χ4v) is 2.44. The van der Waals surface area contributed by atoms with E-state index < -0.39 is 0 Å². The van der Waals surface area contributed by atoms with E-state index in [0.717, 1.165) is 23.3 Å². The number of Topliss-reactive ketones (excluding diaryl/α,β-unsaturated/α-hetero) is 1. The predicted octanol–water partition coefficient (Wildman–Crippen LogP) is 4.00. The third-order valence-corrected chi connectivity index (χ3v) is 3.51. The zero-order chi connectivity index (χ0) is 14.4. The Bertz CT molecular complexity index is 561. The molecule has 0 N–H and O–H groups in total. The molecule has 20 heavy (non-hydrogen) atoms. The lowest BCUT2D eigenvalue weighted by Gasteiger charge is -2.14. The number of carbonyl (C=O) groups excluding carboxylic acids is 1. The molecular weight excluding hydrogens is 248 g/mol. The van der Waals surface area contributed by atoms with Gasteiger partial charge in [-0.15, -0.1) is 0 Å². The highest BCUT2D eigenvalue weighted by Crippen LogP contribution is 2.23. The van der Waals surface area contributed by atoms with E-state index in [0.29, 0.717) is 6.42 Å². The van der Waals surface area contributed by atoms with Crippen LogP contribution in [0.1, 0.15) is 30.4 Å². The number of rotatable bonds is 6. The molecule has 0 aromatic heterocycles. The van der Waals surface area contributed by atoms with Crippen LogP contribution >= 0.6 is 0 Å². The fraction of sp³-hybridized carbons (Fsp3) is 0.278.